The molecule has 0 spiro atoms. The third-order valence-electron chi connectivity index (χ3n) is 6.16. The van der Waals surface area contributed by atoms with Gasteiger partial charge in [0.25, 0.3) is 5.56 Å². The van der Waals surface area contributed by atoms with Gasteiger partial charge in [0.05, 0.1) is 34.3 Å². The van der Waals surface area contributed by atoms with Crippen molar-refractivity contribution < 1.29 is 19.4 Å². The fourth-order valence-electron chi connectivity index (χ4n) is 3.78. The van der Waals surface area contributed by atoms with E-state index in [2.05, 4.69) is 52.9 Å². The van der Waals surface area contributed by atoms with Crippen LogP contribution >= 0.6 is 47.8 Å². The standard InChI is InChI=1S/C28H24Br3N3O5/c1-4-15(2)26-33-21-10-9-19(29)12-20(21)27(35)34(26)32-13-18-11-22(38-3)25(24(31)23(18)30)39-14-16-5-7-17(8-6-16)28(36)37/h5-13,15H,4,14H2,1-3H3,(H,36,37)/t15-/m1/s1. The number of carbonyl (C=O) groups is 1. The minimum absolute atomic E-state index is 0.00736. The van der Waals surface area contributed by atoms with Crippen LogP contribution in [0.5, 0.6) is 11.5 Å². The van der Waals surface area contributed by atoms with Gasteiger partial charge in [-0.3, -0.25) is 4.79 Å². The highest BCUT2D eigenvalue weighted by Crippen LogP contribution is 2.42. The summed E-state index contributed by atoms with van der Waals surface area (Å²) in [4.78, 5) is 29.3. The van der Waals surface area contributed by atoms with Gasteiger partial charge in [0.15, 0.2) is 11.5 Å². The van der Waals surface area contributed by atoms with Crippen molar-refractivity contribution in [1.82, 2.24) is 9.66 Å². The molecule has 0 saturated carbocycles. The molecule has 202 valence electrons. The zero-order chi connectivity index (χ0) is 28.3. The molecule has 0 aliphatic heterocycles. The second-order valence-electron chi connectivity index (χ2n) is 8.72. The van der Waals surface area contributed by atoms with Gasteiger partial charge >= 0.3 is 5.97 Å². The Balaban J connectivity index is 1.70. The third-order valence-corrected chi connectivity index (χ3v) is 8.79. The molecule has 3 aromatic carbocycles. The molecule has 1 atom stereocenters. The topological polar surface area (TPSA) is 103 Å². The smallest absolute Gasteiger partial charge is 0.335 e. The van der Waals surface area contributed by atoms with E-state index >= 15 is 0 Å². The first-order valence-electron chi connectivity index (χ1n) is 11.9. The highest BCUT2D eigenvalue weighted by atomic mass is 79.9. The van der Waals surface area contributed by atoms with Crippen molar-refractivity contribution in [3.63, 3.8) is 0 Å². The first-order valence-corrected chi connectivity index (χ1v) is 14.3. The molecule has 0 fully saturated rings. The minimum atomic E-state index is -0.987. The average molecular weight is 722 g/mol. The Bertz CT molecular complexity index is 1640. The number of fused-ring (bicyclic) bond motifs is 1. The van der Waals surface area contributed by atoms with E-state index in [-0.39, 0.29) is 23.6 Å². The lowest BCUT2D eigenvalue weighted by Crippen LogP contribution is -2.23. The fraction of sp³-hybridized carbons (Fsp3) is 0.214. The fourth-order valence-corrected chi connectivity index (χ4v) is 5.08. The van der Waals surface area contributed by atoms with Gasteiger partial charge in [-0.05, 0) is 80.2 Å². The number of aromatic carboxylic acids is 1. The molecule has 0 radical (unpaired) electrons. The van der Waals surface area contributed by atoms with Gasteiger partial charge in [0.2, 0.25) is 0 Å². The van der Waals surface area contributed by atoms with Gasteiger partial charge in [-0.2, -0.15) is 9.78 Å². The first-order chi connectivity index (χ1) is 18.6. The van der Waals surface area contributed by atoms with Crippen LogP contribution < -0.4 is 15.0 Å². The first kappa shape index (κ1) is 29.0. The second kappa shape index (κ2) is 12.4. The van der Waals surface area contributed by atoms with Crippen LogP contribution in [0.4, 0.5) is 0 Å². The molecular weight excluding hydrogens is 698 g/mol. The molecule has 0 bridgehead atoms. The molecule has 0 saturated heterocycles. The summed E-state index contributed by atoms with van der Waals surface area (Å²) in [5.74, 6) is 0.499. The molecule has 1 heterocycles. The number of methoxy groups -OCH3 is 1. The molecule has 0 aliphatic carbocycles. The van der Waals surface area contributed by atoms with Crippen molar-refractivity contribution in [2.24, 2.45) is 5.10 Å². The normalized spacial score (nSPS) is 12.2. The van der Waals surface area contributed by atoms with E-state index in [0.29, 0.717) is 42.7 Å². The molecular formula is C28H24Br3N3O5. The second-order valence-corrected chi connectivity index (χ2v) is 11.2. The maximum Gasteiger partial charge on any atom is 0.335 e. The zero-order valence-corrected chi connectivity index (χ0v) is 26.0. The van der Waals surface area contributed by atoms with Crippen LogP contribution in [0.25, 0.3) is 10.9 Å². The summed E-state index contributed by atoms with van der Waals surface area (Å²) in [7, 11) is 1.53. The molecule has 0 aliphatic rings. The molecule has 0 amide bonds. The van der Waals surface area contributed by atoms with Crippen molar-refractivity contribution >= 4 is 70.9 Å². The largest absolute Gasteiger partial charge is 0.493 e. The van der Waals surface area contributed by atoms with Gasteiger partial charge in [0, 0.05) is 20.4 Å². The van der Waals surface area contributed by atoms with Crippen molar-refractivity contribution in [1.29, 1.82) is 0 Å². The van der Waals surface area contributed by atoms with Crippen LogP contribution in [0.2, 0.25) is 0 Å². The van der Waals surface area contributed by atoms with E-state index in [9.17, 15) is 9.59 Å². The number of nitrogens with zero attached hydrogens (tertiary/aromatic N) is 3. The van der Waals surface area contributed by atoms with Gasteiger partial charge in [-0.1, -0.05) is 41.9 Å². The van der Waals surface area contributed by atoms with Crippen LogP contribution in [0.3, 0.4) is 0 Å². The third kappa shape index (κ3) is 6.26. The Labute approximate surface area is 250 Å². The SMILES string of the molecule is CC[C@@H](C)c1nc2ccc(Br)cc2c(=O)n1N=Cc1cc(OC)c(OCc2ccc(C(=O)O)cc2)c(Br)c1Br. The van der Waals surface area contributed by atoms with Gasteiger partial charge in [-0.25, -0.2) is 9.78 Å². The zero-order valence-electron chi connectivity index (χ0n) is 21.2. The van der Waals surface area contributed by atoms with E-state index in [1.165, 1.54) is 23.9 Å². The minimum Gasteiger partial charge on any atom is -0.493 e. The molecule has 1 N–H and O–H groups in total. The quantitative estimate of drug-likeness (QED) is 0.181. The Morgan fingerprint density at radius 1 is 1.13 bits per heavy atom. The Morgan fingerprint density at radius 3 is 2.49 bits per heavy atom. The molecule has 0 unspecified atom stereocenters. The molecule has 39 heavy (non-hydrogen) atoms. The van der Waals surface area contributed by atoms with E-state index in [1.54, 1.807) is 30.5 Å². The van der Waals surface area contributed by atoms with Crippen LogP contribution in [-0.4, -0.2) is 34.1 Å². The number of aromatic nitrogens is 2. The summed E-state index contributed by atoms with van der Waals surface area (Å²) in [5, 5.41) is 14.1. The van der Waals surface area contributed by atoms with Crippen molar-refractivity contribution in [2.75, 3.05) is 7.11 Å². The van der Waals surface area contributed by atoms with E-state index in [1.807, 2.05) is 26.0 Å². The summed E-state index contributed by atoms with van der Waals surface area (Å²) in [6.45, 7) is 4.24. The highest BCUT2D eigenvalue weighted by Gasteiger charge is 2.19. The maximum absolute atomic E-state index is 13.4. The van der Waals surface area contributed by atoms with Crippen LogP contribution in [-0.2, 0) is 6.61 Å². The van der Waals surface area contributed by atoms with E-state index < -0.39 is 5.97 Å². The number of hydrogen-bond donors (Lipinski definition) is 1. The monoisotopic (exact) mass is 719 g/mol. The number of rotatable bonds is 9. The van der Waals surface area contributed by atoms with Crippen molar-refractivity contribution in [3.8, 4) is 11.5 Å². The van der Waals surface area contributed by atoms with Crippen LogP contribution in [0, 0.1) is 0 Å². The van der Waals surface area contributed by atoms with Gasteiger partial charge in [0.1, 0.15) is 12.4 Å². The lowest BCUT2D eigenvalue weighted by atomic mass is 10.1. The lowest BCUT2D eigenvalue weighted by molar-refractivity contribution is 0.0697. The summed E-state index contributed by atoms with van der Waals surface area (Å²) in [5.41, 5.74) is 2.00. The number of hydrogen-bond acceptors (Lipinski definition) is 6. The molecule has 8 nitrogen and oxygen atoms in total. The highest BCUT2D eigenvalue weighted by molar-refractivity contribution is 9.13. The predicted octanol–water partition coefficient (Wildman–Crippen LogP) is 7.37. The number of carboxylic acid groups (broad SMARTS) is 1. The predicted molar refractivity (Wildman–Crippen MR) is 162 cm³/mol. The Hall–Kier alpha value is -3.02. The van der Waals surface area contributed by atoms with Gasteiger partial charge in [-0.15, -0.1) is 0 Å². The molecule has 4 rings (SSSR count). The summed E-state index contributed by atoms with van der Waals surface area (Å²) in [6, 6.07) is 13.6. The van der Waals surface area contributed by atoms with Crippen LogP contribution in [0.1, 0.15) is 53.5 Å². The van der Waals surface area contributed by atoms with E-state index in [4.69, 9.17) is 19.6 Å². The molecule has 11 heteroatoms. The number of benzene rings is 3. The van der Waals surface area contributed by atoms with Crippen LogP contribution in [0.15, 0.2) is 71.8 Å². The Kier molecular flexibility index (Phi) is 9.24. The molecule has 4 aromatic rings. The lowest BCUT2D eigenvalue weighted by Gasteiger charge is -2.16. The summed E-state index contributed by atoms with van der Waals surface area (Å²) >= 11 is 10.6. The Morgan fingerprint density at radius 2 is 1.85 bits per heavy atom. The molecule has 1 aromatic heterocycles. The van der Waals surface area contributed by atoms with E-state index in [0.717, 1.165) is 16.5 Å². The summed E-state index contributed by atoms with van der Waals surface area (Å²) < 4.78 is 15.0. The number of carboxylic acids is 1. The van der Waals surface area contributed by atoms with Crippen molar-refractivity contribution in [3.05, 3.63) is 94.8 Å². The van der Waals surface area contributed by atoms with Gasteiger partial charge < -0.3 is 14.6 Å². The average Bonchev–Trinajstić information content (AvgIpc) is 2.93. The summed E-state index contributed by atoms with van der Waals surface area (Å²) in [6.07, 6.45) is 2.36. The van der Waals surface area contributed by atoms with Crippen molar-refractivity contribution in [2.45, 2.75) is 32.8 Å². The number of ether oxygens (including phenoxy) is 2. The maximum atomic E-state index is 13.4. The number of halogens is 3.